The molecular weight excluding hydrogens is 612 g/mol. The highest BCUT2D eigenvalue weighted by Gasteiger charge is 2.40. The Labute approximate surface area is 266 Å². The van der Waals surface area contributed by atoms with Crippen molar-refractivity contribution >= 4 is 58.5 Å². The van der Waals surface area contributed by atoms with Gasteiger partial charge in [-0.3, -0.25) is 29.3 Å². The van der Waals surface area contributed by atoms with E-state index in [1.165, 1.54) is 30.3 Å². The number of imide groups is 1. The number of nitro benzene ring substituents is 1. The first-order chi connectivity index (χ1) is 22.2. The second-order valence-electron chi connectivity index (χ2n) is 10.1. The van der Waals surface area contributed by atoms with Crippen LogP contribution in [0, 0.1) is 10.1 Å². The number of hydrogen-bond donors (Lipinski definition) is 2. The summed E-state index contributed by atoms with van der Waals surface area (Å²) < 4.78 is 10.8. The van der Waals surface area contributed by atoms with Gasteiger partial charge in [-0.1, -0.05) is 30.3 Å². The van der Waals surface area contributed by atoms with Gasteiger partial charge in [0.25, 0.3) is 17.5 Å². The van der Waals surface area contributed by atoms with Crippen molar-refractivity contribution in [2.24, 2.45) is 0 Å². The molecule has 13 heteroatoms. The molecular formula is C33H24N4O8S. The van der Waals surface area contributed by atoms with Crippen LogP contribution in [-0.4, -0.2) is 40.6 Å². The van der Waals surface area contributed by atoms with Gasteiger partial charge in [0.1, 0.15) is 5.70 Å². The quantitative estimate of drug-likeness (QED) is 0.110. The number of nitro groups is 1. The van der Waals surface area contributed by atoms with E-state index >= 15 is 0 Å². The molecule has 0 radical (unpaired) electrons. The highest BCUT2D eigenvalue weighted by atomic mass is 32.2. The van der Waals surface area contributed by atoms with Crippen molar-refractivity contribution < 1.29 is 33.6 Å². The van der Waals surface area contributed by atoms with Gasteiger partial charge in [0.2, 0.25) is 18.6 Å². The van der Waals surface area contributed by atoms with Gasteiger partial charge in [0, 0.05) is 34.7 Å². The fourth-order valence-corrected chi connectivity index (χ4v) is 5.93. The topological polar surface area (TPSA) is 157 Å². The van der Waals surface area contributed by atoms with Gasteiger partial charge < -0.3 is 20.1 Å². The molecule has 2 aliphatic rings. The van der Waals surface area contributed by atoms with Crippen LogP contribution >= 0.6 is 11.8 Å². The number of ether oxygens (including phenoxy) is 2. The zero-order valence-electron chi connectivity index (χ0n) is 23.9. The van der Waals surface area contributed by atoms with Gasteiger partial charge >= 0.3 is 0 Å². The van der Waals surface area contributed by atoms with Crippen LogP contribution in [0.25, 0.3) is 6.08 Å². The second-order valence-corrected chi connectivity index (χ2v) is 11.4. The molecule has 1 fully saturated rings. The van der Waals surface area contributed by atoms with E-state index < -0.39 is 33.8 Å². The van der Waals surface area contributed by atoms with Crippen LogP contribution < -0.4 is 25.0 Å². The van der Waals surface area contributed by atoms with Crippen LogP contribution in [0.5, 0.6) is 11.5 Å². The summed E-state index contributed by atoms with van der Waals surface area (Å²) in [7, 11) is 0. The third kappa shape index (κ3) is 6.59. The van der Waals surface area contributed by atoms with E-state index in [0.29, 0.717) is 33.2 Å². The SMILES string of the molecule is O=C(Nc1cccc(SC2CC(=O)N(c3ccc([N+](=O)[O-])cc3)C2=O)c1)/C(=C/c1ccc2c(c1)OCO2)NC(=O)c1ccccc1. The van der Waals surface area contributed by atoms with Gasteiger partial charge in [0.15, 0.2) is 11.5 Å². The lowest BCUT2D eigenvalue weighted by Crippen LogP contribution is -2.31. The Kier molecular flexibility index (Phi) is 8.48. The summed E-state index contributed by atoms with van der Waals surface area (Å²) in [6.07, 6.45) is 1.46. The summed E-state index contributed by atoms with van der Waals surface area (Å²) in [5.41, 5.74) is 1.42. The summed E-state index contributed by atoms with van der Waals surface area (Å²) in [6.45, 7) is 0.0879. The van der Waals surface area contributed by atoms with Crippen molar-refractivity contribution in [3.05, 3.63) is 124 Å². The molecule has 1 unspecified atom stereocenters. The van der Waals surface area contributed by atoms with Gasteiger partial charge in [-0.2, -0.15) is 0 Å². The Bertz CT molecular complexity index is 1900. The number of non-ortho nitro benzene ring substituents is 1. The Hall–Kier alpha value is -5.95. The van der Waals surface area contributed by atoms with Gasteiger partial charge in [-0.05, 0) is 66.2 Å². The maximum absolute atomic E-state index is 13.5. The molecule has 0 aromatic heterocycles. The van der Waals surface area contributed by atoms with Crippen LogP contribution in [0.3, 0.4) is 0 Å². The number of carbonyl (C=O) groups is 4. The molecule has 2 aliphatic heterocycles. The van der Waals surface area contributed by atoms with Crippen LogP contribution in [0.2, 0.25) is 0 Å². The highest BCUT2D eigenvalue weighted by molar-refractivity contribution is 8.00. The number of nitrogens with one attached hydrogen (secondary N) is 2. The molecule has 4 aromatic carbocycles. The Balaban J connectivity index is 1.18. The molecule has 0 aliphatic carbocycles. The number of thioether (sulfide) groups is 1. The Morgan fingerprint density at radius 1 is 0.913 bits per heavy atom. The van der Waals surface area contributed by atoms with E-state index in [2.05, 4.69) is 10.6 Å². The fourth-order valence-electron chi connectivity index (χ4n) is 4.81. The molecule has 6 rings (SSSR count). The first-order valence-electron chi connectivity index (χ1n) is 13.9. The lowest BCUT2D eigenvalue weighted by molar-refractivity contribution is -0.384. The zero-order chi connectivity index (χ0) is 32.2. The average molecular weight is 637 g/mol. The standard InChI is InChI=1S/C33H24N4O8S/c38-30-18-29(33(41)36(30)23-10-12-24(13-11-23)37(42)43)46-25-8-4-7-22(17-25)34-32(40)26(35-31(39)21-5-2-1-3-6-21)15-20-9-14-27-28(16-20)45-19-44-27/h1-17,29H,18-19H2,(H,34,40)(H,35,39)/b26-15-. The molecule has 0 spiro atoms. The van der Waals surface area contributed by atoms with Gasteiger partial charge in [-0.15, -0.1) is 11.8 Å². The molecule has 2 N–H and O–H groups in total. The van der Waals surface area contributed by atoms with Gasteiger partial charge in [-0.25, -0.2) is 4.90 Å². The minimum atomic E-state index is -0.736. The number of hydrogen-bond acceptors (Lipinski definition) is 9. The summed E-state index contributed by atoms with van der Waals surface area (Å²) >= 11 is 1.16. The van der Waals surface area contributed by atoms with Crippen molar-refractivity contribution in [3.63, 3.8) is 0 Å². The number of benzene rings is 4. The monoisotopic (exact) mass is 636 g/mol. The smallest absolute Gasteiger partial charge is 0.272 e. The summed E-state index contributed by atoms with van der Waals surface area (Å²) in [5.74, 6) is -0.859. The summed E-state index contributed by atoms with van der Waals surface area (Å²) in [4.78, 5) is 64.5. The molecule has 4 aromatic rings. The molecule has 0 bridgehead atoms. The first kappa shape index (κ1) is 30.1. The maximum Gasteiger partial charge on any atom is 0.272 e. The van der Waals surface area contributed by atoms with Crippen LogP contribution in [0.1, 0.15) is 22.3 Å². The van der Waals surface area contributed by atoms with E-state index in [-0.39, 0.29) is 30.3 Å². The minimum absolute atomic E-state index is 0.0268. The van der Waals surface area contributed by atoms with E-state index in [0.717, 1.165) is 16.7 Å². The lowest BCUT2D eigenvalue weighted by Gasteiger charge is -2.15. The molecule has 46 heavy (non-hydrogen) atoms. The van der Waals surface area contributed by atoms with E-state index in [9.17, 15) is 29.3 Å². The van der Waals surface area contributed by atoms with Crippen molar-refractivity contribution in [3.8, 4) is 11.5 Å². The molecule has 12 nitrogen and oxygen atoms in total. The normalized spacial score (nSPS) is 15.5. The molecule has 4 amide bonds. The average Bonchev–Trinajstić information content (AvgIpc) is 3.64. The predicted octanol–water partition coefficient (Wildman–Crippen LogP) is 5.16. The Morgan fingerprint density at radius 2 is 1.67 bits per heavy atom. The summed E-state index contributed by atoms with van der Waals surface area (Å²) in [5, 5.41) is 15.7. The van der Waals surface area contributed by atoms with Gasteiger partial charge in [0.05, 0.1) is 15.9 Å². The van der Waals surface area contributed by atoms with E-state index in [1.807, 2.05) is 0 Å². The zero-order valence-corrected chi connectivity index (χ0v) is 24.7. The van der Waals surface area contributed by atoms with Crippen molar-refractivity contribution in [2.75, 3.05) is 17.0 Å². The van der Waals surface area contributed by atoms with Crippen molar-refractivity contribution in [1.29, 1.82) is 0 Å². The number of amides is 4. The van der Waals surface area contributed by atoms with Crippen LogP contribution in [0.4, 0.5) is 17.1 Å². The largest absolute Gasteiger partial charge is 0.454 e. The summed E-state index contributed by atoms with van der Waals surface area (Å²) in [6, 6.07) is 25.6. The van der Waals surface area contributed by atoms with Crippen molar-refractivity contribution in [2.45, 2.75) is 16.6 Å². The third-order valence-corrected chi connectivity index (χ3v) is 8.21. The number of anilines is 2. The molecule has 1 atom stereocenters. The molecule has 230 valence electrons. The maximum atomic E-state index is 13.5. The molecule has 0 saturated carbocycles. The lowest BCUT2D eigenvalue weighted by atomic mass is 10.1. The molecule has 2 heterocycles. The third-order valence-electron chi connectivity index (χ3n) is 7.03. The van der Waals surface area contributed by atoms with Crippen LogP contribution in [0.15, 0.2) is 108 Å². The van der Waals surface area contributed by atoms with Crippen LogP contribution in [-0.2, 0) is 14.4 Å². The highest BCUT2D eigenvalue weighted by Crippen LogP contribution is 2.36. The fraction of sp³-hybridized carbons (Fsp3) is 0.0909. The second kappa shape index (κ2) is 13.0. The van der Waals surface area contributed by atoms with Crippen molar-refractivity contribution in [1.82, 2.24) is 5.32 Å². The Morgan fingerprint density at radius 3 is 2.43 bits per heavy atom. The number of carbonyl (C=O) groups excluding carboxylic acids is 4. The van der Waals surface area contributed by atoms with E-state index in [1.54, 1.807) is 72.8 Å². The number of nitrogens with zero attached hydrogens (tertiary/aromatic N) is 2. The number of fused-ring (bicyclic) bond motifs is 1. The minimum Gasteiger partial charge on any atom is -0.454 e. The number of rotatable bonds is 9. The predicted molar refractivity (Wildman–Crippen MR) is 169 cm³/mol. The first-order valence-corrected chi connectivity index (χ1v) is 14.8. The van der Waals surface area contributed by atoms with E-state index in [4.69, 9.17) is 9.47 Å². The molecule has 1 saturated heterocycles.